The van der Waals surface area contributed by atoms with Gasteiger partial charge in [-0.3, -0.25) is 4.79 Å². The van der Waals surface area contributed by atoms with E-state index in [0.29, 0.717) is 17.9 Å². The fourth-order valence-corrected chi connectivity index (χ4v) is 3.68. The highest BCUT2D eigenvalue weighted by Gasteiger charge is 2.31. The van der Waals surface area contributed by atoms with E-state index in [0.717, 1.165) is 9.87 Å². The summed E-state index contributed by atoms with van der Waals surface area (Å²) in [5.74, 6) is 0.235. The van der Waals surface area contributed by atoms with Gasteiger partial charge in [-0.1, -0.05) is 30.3 Å². The third-order valence-corrected chi connectivity index (χ3v) is 5.70. The fraction of sp³-hybridized carbons (Fsp3) is 0.200. The zero-order chi connectivity index (χ0) is 20.3. The van der Waals surface area contributed by atoms with Crippen molar-refractivity contribution in [1.82, 2.24) is 9.21 Å². The Kier molecular flexibility index (Phi) is 5.51. The second-order valence-corrected chi connectivity index (χ2v) is 7.95. The number of carbonyl (C=O) groups is 1. The molecule has 0 aromatic heterocycles. The molecule has 1 heterocycles. The molecule has 2 aromatic rings. The topological polar surface area (TPSA) is 79.3 Å². The standard InChI is InChI=1S/C20H21N3O4S/c1-22(14-15-7-5-4-6-8-15)20(24)19-13-18(21-28(25,26)23(19)2)16-9-11-17(27-3)12-10-16/h4-13H,14H2,1-3H3. The number of methoxy groups -OCH3 is 1. The number of hydrogen-bond acceptors (Lipinski definition) is 4. The number of allylic oxidation sites excluding steroid dienone is 1. The van der Waals surface area contributed by atoms with Crippen molar-refractivity contribution in [2.45, 2.75) is 6.54 Å². The van der Waals surface area contributed by atoms with Gasteiger partial charge < -0.3 is 9.64 Å². The molecule has 7 nitrogen and oxygen atoms in total. The highest BCUT2D eigenvalue weighted by molar-refractivity contribution is 7.88. The Hall–Kier alpha value is -3.13. The van der Waals surface area contributed by atoms with Gasteiger partial charge in [-0.15, -0.1) is 4.40 Å². The van der Waals surface area contributed by atoms with Crippen molar-refractivity contribution in [1.29, 1.82) is 0 Å². The number of carbonyl (C=O) groups excluding carboxylic acids is 1. The van der Waals surface area contributed by atoms with Crippen molar-refractivity contribution in [2.24, 2.45) is 4.40 Å². The van der Waals surface area contributed by atoms with Crippen LogP contribution >= 0.6 is 0 Å². The summed E-state index contributed by atoms with van der Waals surface area (Å²) in [6.07, 6.45) is 1.49. The molecule has 0 N–H and O–H groups in total. The van der Waals surface area contributed by atoms with Gasteiger partial charge >= 0.3 is 10.2 Å². The number of amides is 1. The van der Waals surface area contributed by atoms with Crippen LogP contribution in [0.2, 0.25) is 0 Å². The summed E-state index contributed by atoms with van der Waals surface area (Å²) in [6.45, 7) is 0.361. The first kappa shape index (κ1) is 19.6. The smallest absolute Gasteiger partial charge is 0.345 e. The molecule has 0 bridgehead atoms. The molecule has 1 amide bonds. The molecule has 0 radical (unpaired) electrons. The van der Waals surface area contributed by atoms with Crippen LogP contribution in [0, 0.1) is 0 Å². The van der Waals surface area contributed by atoms with E-state index >= 15 is 0 Å². The van der Waals surface area contributed by atoms with Crippen LogP contribution in [0.3, 0.4) is 0 Å². The molecule has 0 saturated carbocycles. The lowest BCUT2D eigenvalue weighted by Crippen LogP contribution is -2.39. The molecule has 0 unspecified atom stereocenters. The molecule has 0 saturated heterocycles. The Morgan fingerprint density at radius 1 is 1.11 bits per heavy atom. The Morgan fingerprint density at radius 3 is 2.36 bits per heavy atom. The van der Waals surface area contributed by atoms with E-state index < -0.39 is 16.1 Å². The minimum atomic E-state index is -4.00. The van der Waals surface area contributed by atoms with Crippen molar-refractivity contribution in [2.75, 3.05) is 21.2 Å². The summed E-state index contributed by atoms with van der Waals surface area (Å²) in [7, 11) is 0.504. The monoisotopic (exact) mass is 399 g/mol. The second-order valence-electron chi connectivity index (χ2n) is 6.33. The quantitative estimate of drug-likeness (QED) is 0.772. The van der Waals surface area contributed by atoms with E-state index in [4.69, 9.17) is 4.74 Å². The van der Waals surface area contributed by atoms with Gasteiger partial charge in [0.2, 0.25) is 0 Å². The first-order valence-electron chi connectivity index (χ1n) is 8.56. The number of rotatable bonds is 5. The molecule has 0 spiro atoms. The van der Waals surface area contributed by atoms with Gasteiger partial charge in [0.1, 0.15) is 11.4 Å². The molecule has 8 heteroatoms. The molecule has 1 aliphatic heterocycles. The molecule has 0 atom stereocenters. The Morgan fingerprint density at radius 2 is 1.75 bits per heavy atom. The molecule has 28 heavy (non-hydrogen) atoms. The van der Waals surface area contributed by atoms with E-state index in [1.54, 1.807) is 38.4 Å². The Labute approximate surface area is 164 Å². The molecule has 0 fully saturated rings. The second kappa shape index (κ2) is 7.85. The van der Waals surface area contributed by atoms with Gasteiger partial charge in [0.15, 0.2) is 0 Å². The van der Waals surface area contributed by atoms with Crippen LogP contribution in [0.4, 0.5) is 0 Å². The van der Waals surface area contributed by atoms with Crippen LogP contribution in [0.5, 0.6) is 5.75 Å². The van der Waals surface area contributed by atoms with Crippen molar-refractivity contribution < 1.29 is 17.9 Å². The first-order chi connectivity index (χ1) is 13.3. The van der Waals surface area contributed by atoms with Crippen molar-refractivity contribution >= 4 is 21.8 Å². The molecule has 0 aliphatic carbocycles. The summed E-state index contributed by atoms with van der Waals surface area (Å²) in [4.78, 5) is 14.4. The normalized spacial score (nSPS) is 15.5. The van der Waals surface area contributed by atoms with E-state index in [1.165, 1.54) is 18.0 Å². The van der Waals surface area contributed by atoms with Crippen molar-refractivity contribution in [3.8, 4) is 5.75 Å². The Balaban J connectivity index is 1.92. The average molecular weight is 399 g/mol. The SMILES string of the molecule is COc1ccc(C2=NS(=O)(=O)N(C)C(C(=O)N(C)Cc3ccccc3)=C2)cc1. The van der Waals surface area contributed by atoms with Gasteiger partial charge in [-0.2, -0.15) is 8.42 Å². The number of benzene rings is 2. The van der Waals surface area contributed by atoms with Crippen LogP contribution in [0.25, 0.3) is 0 Å². The first-order valence-corrected chi connectivity index (χ1v) is 9.96. The third-order valence-electron chi connectivity index (χ3n) is 4.39. The van der Waals surface area contributed by atoms with Crippen LogP contribution in [-0.4, -0.2) is 50.4 Å². The predicted molar refractivity (Wildman–Crippen MR) is 107 cm³/mol. The molecule has 3 rings (SSSR count). The molecule has 146 valence electrons. The highest BCUT2D eigenvalue weighted by Crippen LogP contribution is 2.22. The number of ether oxygens (including phenoxy) is 1. The zero-order valence-corrected chi connectivity index (χ0v) is 16.7. The number of hydrogen-bond donors (Lipinski definition) is 0. The number of likely N-dealkylation sites (N-methyl/N-ethyl adjacent to an activating group) is 2. The summed E-state index contributed by atoms with van der Waals surface area (Å²) in [5.41, 5.74) is 1.77. The van der Waals surface area contributed by atoms with E-state index in [2.05, 4.69) is 4.40 Å². The van der Waals surface area contributed by atoms with Crippen LogP contribution in [-0.2, 0) is 21.5 Å². The predicted octanol–water partition coefficient (Wildman–Crippen LogP) is 2.22. The highest BCUT2D eigenvalue weighted by atomic mass is 32.2. The van der Waals surface area contributed by atoms with Gasteiger partial charge in [0.25, 0.3) is 5.91 Å². The minimum absolute atomic E-state index is 0.0410. The van der Waals surface area contributed by atoms with E-state index in [-0.39, 0.29) is 11.4 Å². The van der Waals surface area contributed by atoms with Crippen LogP contribution in [0.1, 0.15) is 11.1 Å². The maximum absolute atomic E-state index is 13.0. The van der Waals surface area contributed by atoms with Crippen molar-refractivity contribution in [3.63, 3.8) is 0 Å². The summed E-state index contributed by atoms with van der Waals surface area (Å²) in [6, 6.07) is 16.3. The molecular weight excluding hydrogens is 378 g/mol. The van der Waals surface area contributed by atoms with E-state index in [9.17, 15) is 13.2 Å². The number of nitrogens with zero attached hydrogens (tertiary/aromatic N) is 3. The summed E-state index contributed by atoms with van der Waals surface area (Å²) in [5, 5.41) is 0. The van der Waals surface area contributed by atoms with Crippen LogP contribution in [0.15, 0.2) is 70.8 Å². The average Bonchev–Trinajstić information content (AvgIpc) is 2.70. The third kappa shape index (κ3) is 4.07. The van der Waals surface area contributed by atoms with E-state index in [1.807, 2.05) is 30.3 Å². The van der Waals surface area contributed by atoms with Gasteiger partial charge in [-0.25, -0.2) is 4.31 Å². The van der Waals surface area contributed by atoms with Crippen LogP contribution < -0.4 is 4.74 Å². The fourth-order valence-electron chi connectivity index (χ4n) is 2.78. The Bertz CT molecular complexity index is 1030. The lowest BCUT2D eigenvalue weighted by molar-refractivity contribution is -0.127. The van der Waals surface area contributed by atoms with Gasteiger partial charge in [0.05, 0.1) is 12.8 Å². The largest absolute Gasteiger partial charge is 0.497 e. The van der Waals surface area contributed by atoms with Gasteiger partial charge in [-0.05, 0) is 35.9 Å². The minimum Gasteiger partial charge on any atom is -0.497 e. The summed E-state index contributed by atoms with van der Waals surface area (Å²) >= 11 is 0. The zero-order valence-electron chi connectivity index (χ0n) is 15.9. The lowest BCUT2D eigenvalue weighted by Gasteiger charge is -2.27. The van der Waals surface area contributed by atoms with Gasteiger partial charge in [0, 0.05) is 26.2 Å². The maximum atomic E-state index is 13.0. The molecule has 1 aliphatic rings. The maximum Gasteiger partial charge on any atom is 0.345 e. The summed E-state index contributed by atoms with van der Waals surface area (Å²) < 4.78 is 34.8. The molecule has 2 aromatic carbocycles. The van der Waals surface area contributed by atoms with Crippen molar-refractivity contribution in [3.05, 3.63) is 77.5 Å². The molecular formula is C20H21N3O4S. The lowest BCUT2D eigenvalue weighted by atomic mass is 10.1.